The van der Waals surface area contributed by atoms with Gasteiger partial charge in [0, 0.05) is 0 Å². The van der Waals surface area contributed by atoms with Crippen molar-refractivity contribution in [1.29, 1.82) is 0 Å². The van der Waals surface area contributed by atoms with Crippen LogP contribution in [0.4, 0.5) is 0 Å². The smallest absolute Gasteiger partial charge is 0.00175 e. The van der Waals surface area contributed by atoms with Crippen LogP contribution in [0.1, 0.15) is 29.0 Å². The van der Waals surface area contributed by atoms with Crippen molar-refractivity contribution in [2.24, 2.45) is 5.92 Å². The first-order chi connectivity index (χ1) is 6.72. The molecule has 76 valence electrons. The van der Waals surface area contributed by atoms with Crippen LogP contribution in [0.3, 0.4) is 0 Å². The Morgan fingerprint density at radius 1 is 1.29 bits per heavy atom. The van der Waals surface area contributed by atoms with E-state index in [1.165, 1.54) is 23.1 Å². The molecule has 0 saturated heterocycles. The average Bonchev–Trinajstić information content (AvgIpc) is 2.90. The van der Waals surface area contributed by atoms with E-state index in [1.54, 1.807) is 0 Å². The predicted octanol–water partition coefficient (Wildman–Crippen LogP) is 2.63. The van der Waals surface area contributed by atoms with E-state index in [1.807, 2.05) is 7.05 Å². The molecule has 0 aliphatic heterocycles. The van der Waals surface area contributed by atoms with Gasteiger partial charge in [-0.1, -0.05) is 18.2 Å². The number of benzene rings is 1. The van der Waals surface area contributed by atoms with Gasteiger partial charge in [-0.2, -0.15) is 0 Å². The SMILES string of the molecule is CNCC1CC1c1ccc(C)c(C)c1. The van der Waals surface area contributed by atoms with E-state index >= 15 is 0 Å². The van der Waals surface area contributed by atoms with E-state index in [0.717, 1.165) is 18.4 Å². The molecule has 0 spiro atoms. The van der Waals surface area contributed by atoms with Crippen LogP contribution in [0.15, 0.2) is 18.2 Å². The standard InChI is InChI=1S/C13H19N/c1-9-4-5-11(6-10(9)2)13-7-12(13)8-14-3/h4-6,12-14H,7-8H2,1-3H3. The third-order valence-corrected chi connectivity index (χ3v) is 3.35. The Morgan fingerprint density at radius 3 is 2.71 bits per heavy atom. The first-order valence-electron chi connectivity index (χ1n) is 5.44. The lowest BCUT2D eigenvalue weighted by Gasteiger charge is -2.04. The summed E-state index contributed by atoms with van der Waals surface area (Å²) in [7, 11) is 2.04. The maximum atomic E-state index is 3.26. The molecule has 0 bridgehead atoms. The fourth-order valence-electron chi connectivity index (χ4n) is 2.14. The van der Waals surface area contributed by atoms with Crippen LogP contribution < -0.4 is 5.32 Å². The molecule has 14 heavy (non-hydrogen) atoms. The summed E-state index contributed by atoms with van der Waals surface area (Å²) < 4.78 is 0. The van der Waals surface area contributed by atoms with Crippen molar-refractivity contribution in [3.63, 3.8) is 0 Å². The van der Waals surface area contributed by atoms with Crippen LogP contribution in [0.25, 0.3) is 0 Å². The van der Waals surface area contributed by atoms with Gasteiger partial charge in [0.2, 0.25) is 0 Å². The largest absolute Gasteiger partial charge is 0.319 e. The number of nitrogens with one attached hydrogen (secondary N) is 1. The summed E-state index contributed by atoms with van der Waals surface area (Å²) in [5.74, 6) is 1.70. The minimum atomic E-state index is 0.821. The molecule has 0 aromatic heterocycles. The summed E-state index contributed by atoms with van der Waals surface area (Å²) >= 11 is 0. The maximum absolute atomic E-state index is 3.26. The fourth-order valence-corrected chi connectivity index (χ4v) is 2.14. The Bertz CT molecular complexity index is 330. The molecule has 0 amide bonds. The summed E-state index contributed by atoms with van der Waals surface area (Å²) in [5.41, 5.74) is 4.37. The number of rotatable bonds is 3. The second-order valence-corrected chi connectivity index (χ2v) is 4.50. The molecule has 1 N–H and O–H groups in total. The summed E-state index contributed by atoms with van der Waals surface area (Å²) in [6.45, 7) is 5.54. The summed E-state index contributed by atoms with van der Waals surface area (Å²) in [6, 6.07) is 6.90. The molecule has 2 rings (SSSR count). The van der Waals surface area contributed by atoms with Gasteiger partial charge >= 0.3 is 0 Å². The molecule has 1 heteroatoms. The van der Waals surface area contributed by atoms with Gasteiger partial charge in [-0.15, -0.1) is 0 Å². The zero-order chi connectivity index (χ0) is 10.1. The topological polar surface area (TPSA) is 12.0 Å². The van der Waals surface area contributed by atoms with Crippen LogP contribution in [-0.4, -0.2) is 13.6 Å². The highest BCUT2D eigenvalue weighted by Crippen LogP contribution is 2.47. The van der Waals surface area contributed by atoms with Crippen molar-refractivity contribution >= 4 is 0 Å². The van der Waals surface area contributed by atoms with Gasteiger partial charge in [0.1, 0.15) is 0 Å². The van der Waals surface area contributed by atoms with Crippen molar-refractivity contribution in [3.05, 3.63) is 34.9 Å². The van der Waals surface area contributed by atoms with Gasteiger partial charge in [-0.05, 0) is 62.4 Å². The molecule has 1 fully saturated rings. The lowest BCUT2D eigenvalue weighted by atomic mass is 10.0. The maximum Gasteiger partial charge on any atom is -0.00175 e. The fraction of sp³-hybridized carbons (Fsp3) is 0.538. The first-order valence-corrected chi connectivity index (χ1v) is 5.44. The van der Waals surface area contributed by atoms with Crippen LogP contribution >= 0.6 is 0 Å². The highest BCUT2D eigenvalue weighted by Gasteiger charge is 2.37. The molecule has 0 radical (unpaired) electrons. The zero-order valence-corrected chi connectivity index (χ0v) is 9.30. The van der Waals surface area contributed by atoms with E-state index in [0.29, 0.717) is 0 Å². The Balaban J connectivity index is 2.08. The van der Waals surface area contributed by atoms with Crippen LogP contribution in [0.2, 0.25) is 0 Å². The molecule has 1 aromatic carbocycles. The van der Waals surface area contributed by atoms with Gasteiger partial charge in [0.15, 0.2) is 0 Å². The quantitative estimate of drug-likeness (QED) is 0.770. The van der Waals surface area contributed by atoms with E-state index < -0.39 is 0 Å². The van der Waals surface area contributed by atoms with Crippen molar-refractivity contribution in [2.45, 2.75) is 26.2 Å². The molecule has 1 aromatic rings. The summed E-state index contributed by atoms with van der Waals surface area (Å²) in [4.78, 5) is 0. The minimum Gasteiger partial charge on any atom is -0.319 e. The van der Waals surface area contributed by atoms with Crippen LogP contribution in [0.5, 0.6) is 0 Å². The van der Waals surface area contributed by atoms with Crippen LogP contribution in [0, 0.1) is 19.8 Å². The normalized spacial score (nSPS) is 25.1. The first kappa shape index (κ1) is 9.72. The third-order valence-electron chi connectivity index (χ3n) is 3.35. The Hall–Kier alpha value is -0.820. The Labute approximate surface area is 86.5 Å². The number of hydrogen-bond acceptors (Lipinski definition) is 1. The average molecular weight is 189 g/mol. The van der Waals surface area contributed by atoms with E-state index in [-0.39, 0.29) is 0 Å². The molecule has 2 unspecified atom stereocenters. The lowest BCUT2D eigenvalue weighted by Crippen LogP contribution is -2.10. The summed E-state index contributed by atoms with van der Waals surface area (Å²) in [6.07, 6.45) is 1.36. The van der Waals surface area contributed by atoms with Crippen molar-refractivity contribution in [1.82, 2.24) is 5.32 Å². The van der Waals surface area contributed by atoms with Gasteiger partial charge in [-0.3, -0.25) is 0 Å². The van der Waals surface area contributed by atoms with Gasteiger partial charge in [0.05, 0.1) is 0 Å². The van der Waals surface area contributed by atoms with Crippen LogP contribution in [-0.2, 0) is 0 Å². The number of hydrogen-bond donors (Lipinski definition) is 1. The summed E-state index contributed by atoms with van der Waals surface area (Å²) in [5, 5.41) is 3.26. The highest BCUT2D eigenvalue weighted by molar-refractivity contribution is 5.34. The van der Waals surface area contributed by atoms with E-state index in [2.05, 4.69) is 37.4 Å². The predicted molar refractivity (Wildman–Crippen MR) is 60.7 cm³/mol. The van der Waals surface area contributed by atoms with Gasteiger partial charge < -0.3 is 5.32 Å². The van der Waals surface area contributed by atoms with E-state index in [4.69, 9.17) is 0 Å². The Kier molecular flexibility index (Phi) is 2.60. The van der Waals surface area contributed by atoms with Crippen molar-refractivity contribution in [2.75, 3.05) is 13.6 Å². The molecule has 1 nitrogen and oxygen atoms in total. The molecule has 0 heterocycles. The Morgan fingerprint density at radius 2 is 2.07 bits per heavy atom. The van der Waals surface area contributed by atoms with Crippen molar-refractivity contribution in [3.8, 4) is 0 Å². The van der Waals surface area contributed by atoms with Gasteiger partial charge in [-0.25, -0.2) is 0 Å². The van der Waals surface area contributed by atoms with E-state index in [9.17, 15) is 0 Å². The molecule has 1 saturated carbocycles. The highest BCUT2D eigenvalue weighted by atomic mass is 14.8. The minimum absolute atomic E-state index is 0.821. The zero-order valence-electron chi connectivity index (χ0n) is 9.30. The van der Waals surface area contributed by atoms with Gasteiger partial charge in [0.25, 0.3) is 0 Å². The lowest BCUT2D eigenvalue weighted by molar-refractivity contribution is 0.698. The molecular weight excluding hydrogens is 170 g/mol. The third kappa shape index (κ3) is 1.83. The molecule has 1 aliphatic rings. The molecule has 2 atom stereocenters. The second-order valence-electron chi connectivity index (χ2n) is 4.50. The second kappa shape index (κ2) is 3.74. The van der Waals surface area contributed by atoms with Crippen molar-refractivity contribution < 1.29 is 0 Å². The monoisotopic (exact) mass is 189 g/mol. The molecule has 1 aliphatic carbocycles. The number of aryl methyl sites for hydroxylation is 2. The molecular formula is C13H19N.